The molecule has 6 atom stereocenters. The van der Waals surface area contributed by atoms with Crippen molar-refractivity contribution in [1.82, 2.24) is 0 Å². The van der Waals surface area contributed by atoms with E-state index in [-0.39, 0.29) is 12.8 Å². The summed E-state index contributed by atoms with van der Waals surface area (Å²) in [7, 11) is -5.11. The number of aliphatic hydroxyl groups is 5. The van der Waals surface area contributed by atoms with Gasteiger partial charge in [-0.1, -0.05) is 129 Å². The molecule has 0 radical (unpaired) electrons. The average Bonchev–Trinajstić information content (AvgIpc) is 3.13. The molecule has 6 N–H and O–H groups in total. The smallest absolute Gasteiger partial charge is 0.462 e. The van der Waals surface area contributed by atoms with Crippen LogP contribution < -0.4 is 0 Å². The highest BCUT2D eigenvalue weighted by Crippen LogP contribution is 2.47. The van der Waals surface area contributed by atoms with Gasteiger partial charge in [0.1, 0.15) is 43.2 Å². The van der Waals surface area contributed by atoms with Crippen molar-refractivity contribution in [2.24, 2.45) is 0 Å². The van der Waals surface area contributed by atoms with E-state index in [2.05, 4.69) is 26.0 Å². The van der Waals surface area contributed by atoms with Crippen molar-refractivity contribution in [2.45, 2.75) is 211 Å². The molecule has 0 aromatic rings. The minimum Gasteiger partial charge on any atom is -0.462 e. The first kappa shape index (κ1) is 49.6. The van der Waals surface area contributed by atoms with Gasteiger partial charge in [0.15, 0.2) is 6.10 Å². The number of unbranched alkanes of at least 4 members (excludes halogenated alkanes) is 19. The highest BCUT2D eigenvalue weighted by molar-refractivity contribution is 7.47. The van der Waals surface area contributed by atoms with Crippen LogP contribution in [-0.2, 0) is 32.7 Å². The van der Waals surface area contributed by atoms with Crippen LogP contribution in [0.5, 0.6) is 0 Å². The molecule has 1 rings (SSSR count). The largest absolute Gasteiger partial charge is 0.472 e. The van der Waals surface area contributed by atoms with Crippen molar-refractivity contribution in [3.63, 3.8) is 0 Å². The number of carbonyl (C=O) groups is 2. The molecule has 1 aliphatic carbocycles. The first-order valence-corrected chi connectivity index (χ1v) is 22.0. The zero-order valence-electron chi connectivity index (χ0n) is 32.6. The SMILES string of the molecule is CCCCCC/C=C\CCCCCCCC(=O)OC(COC(=O)CCCCCCCCCCCCC)COP(=O)(O)OC1C(O)C(O)C(O)C(O)C1O. The summed E-state index contributed by atoms with van der Waals surface area (Å²) in [6.45, 7) is 3.24. The lowest BCUT2D eigenvalue weighted by Gasteiger charge is -2.41. The molecule has 14 heteroatoms. The van der Waals surface area contributed by atoms with Gasteiger partial charge in [-0.2, -0.15) is 0 Å². The standard InChI is InChI=1S/C39H73O13P/c1-3-5-7-9-11-13-15-16-18-20-22-24-26-28-33(41)51-31(29-49-32(40)27-25-23-21-19-17-14-12-10-8-6-4-2)30-50-53(47,48)52-39-37(45)35(43)34(42)36(44)38(39)46/h13,15,31,34-39,42-46H,3-12,14,16-30H2,1-2H3,(H,47,48)/b15-13-. The van der Waals surface area contributed by atoms with Gasteiger partial charge >= 0.3 is 19.8 Å². The Morgan fingerprint density at radius 1 is 0.566 bits per heavy atom. The summed E-state index contributed by atoms with van der Waals surface area (Å²) in [4.78, 5) is 35.5. The van der Waals surface area contributed by atoms with Gasteiger partial charge in [-0.15, -0.1) is 0 Å². The molecule has 0 aliphatic heterocycles. The van der Waals surface area contributed by atoms with E-state index in [0.29, 0.717) is 12.8 Å². The maximum atomic E-state index is 12.7. The van der Waals surface area contributed by atoms with E-state index in [1.165, 1.54) is 70.6 Å². The minimum atomic E-state index is -5.11. The molecule has 13 nitrogen and oxygen atoms in total. The third-order valence-corrected chi connectivity index (χ3v) is 10.6. The van der Waals surface area contributed by atoms with Gasteiger partial charge in [0.05, 0.1) is 6.61 Å². The van der Waals surface area contributed by atoms with Crippen LogP contribution in [-0.4, -0.2) is 98.3 Å². The number of esters is 2. The third-order valence-electron chi connectivity index (χ3n) is 9.61. The highest BCUT2D eigenvalue weighted by Gasteiger charge is 2.51. The van der Waals surface area contributed by atoms with Crippen LogP contribution in [0.2, 0.25) is 0 Å². The number of allylic oxidation sites excluding steroid dienone is 2. The second-order valence-electron chi connectivity index (χ2n) is 14.5. The molecule has 0 saturated heterocycles. The highest BCUT2D eigenvalue weighted by atomic mass is 31.2. The van der Waals surface area contributed by atoms with Gasteiger partial charge in [0.25, 0.3) is 0 Å². The van der Waals surface area contributed by atoms with Crippen molar-refractivity contribution >= 4 is 19.8 Å². The molecule has 0 aromatic carbocycles. The molecule has 0 aromatic heterocycles. The second-order valence-corrected chi connectivity index (χ2v) is 15.9. The van der Waals surface area contributed by atoms with Crippen molar-refractivity contribution in [2.75, 3.05) is 13.2 Å². The summed E-state index contributed by atoms with van der Waals surface area (Å²) in [5, 5.41) is 49.9. The molecule has 0 amide bonds. The van der Waals surface area contributed by atoms with E-state index in [0.717, 1.165) is 57.8 Å². The van der Waals surface area contributed by atoms with Gasteiger partial charge in [0.2, 0.25) is 0 Å². The summed E-state index contributed by atoms with van der Waals surface area (Å²) in [5.74, 6) is -1.11. The third kappa shape index (κ3) is 24.0. The van der Waals surface area contributed by atoms with Gasteiger partial charge in [-0.3, -0.25) is 18.6 Å². The fourth-order valence-corrected chi connectivity index (χ4v) is 7.19. The van der Waals surface area contributed by atoms with Gasteiger partial charge in [-0.05, 0) is 38.5 Å². The molecular formula is C39H73O13P. The van der Waals surface area contributed by atoms with E-state index in [1.807, 2.05) is 0 Å². The molecule has 1 saturated carbocycles. The number of phosphoric acid groups is 1. The number of aliphatic hydroxyl groups excluding tert-OH is 5. The Morgan fingerprint density at radius 2 is 0.962 bits per heavy atom. The summed E-state index contributed by atoms with van der Waals surface area (Å²) in [6.07, 6.45) is 15.7. The molecule has 1 aliphatic rings. The quantitative estimate of drug-likeness (QED) is 0.0177. The molecular weight excluding hydrogens is 707 g/mol. The van der Waals surface area contributed by atoms with Crippen LogP contribution in [0.15, 0.2) is 12.2 Å². The summed E-state index contributed by atoms with van der Waals surface area (Å²) in [6, 6.07) is 0. The monoisotopic (exact) mass is 780 g/mol. The Bertz CT molecular complexity index is 996. The van der Waals surface area contributed by atoms with Crippen molar-refractivity contribution in [3.8, 4) is 0 Å². The van der Waals surface area contributed by atoms with Crippen LogP contribution >= 0.6 is 7.82 Å². The maximum Gasteiger partial charge on any atom is 0.472 e. The molecule has 53 heavy (non-hydrogen) atoms. The number of hydrogen-bond acceptors (Lipinski definition) is 12. The van der Waals surface area contributed by atoms with Gasteiger partial charge in [0, 0.05) is 12.8 Å². The average molecular weight is 781 g/mol. The summed E-state index contributed by atoms with van der Waals surface area (Å²) >= 11 is 0. The Kier molecular flexibility index (Phi) is 28.8. The Hall–Kier alpha value is -1.41. The van der Waals surface area contributed by atoms with Crippen molar-refractivity contribution in [1.29, 1.82) is 0 Å². The van der Waals surface area contributed by atoms with Crippen LogP contribution in [0.1, 0.15) is 168 Å². The normalized spacial score (nSPS) is 23.5. The Morgan fingerprint density at radius 3 is 1.45 bits per heavy atom. The molecule has 1 fully saturated rings. The lowest BCUT2D eigenvalue weighted by molar-refractivity contribution is -0.220. The number of hydrogen-bond donors (Lipinski definition) is 6. The van der Waals surface area contributed by atoms with E-state index >= 15 is 0 Å². The molecule has 0 heterocycles. The van der Waals surface area contributed by atoms with Crippen LogP contribution in [0.4, 0.5) is 0 Å². The first-order chi connectivity index (χ1) is 25.4. The molecule has 312 valence electrons. The Labute approximate surface area is 318 Å². The fraction of sp³-hybridized carbons (Fsp3) is 0.897. The topological polar surface area (TPSA) is 210 Å². The summed E-state index contributed by atoms with van der Waals surface area (Å²) < 4.78 is 33.3. The second kappa shape index (κ2) is 30.8. The van der Waals surface area contributed by atoms with E-state index in [4.69, 9.17) is 18.5 Å². The van der Waals surface area contributed by atoms with E-state index in [9.17, 15) is 44.6 Å². The number of carbonyl (C=O) groups excluding carboxylic acids is 2. The zero-order valence-corrected chi connectivity index (χ0v) is 33.5. The zero-order chi connectivity index (χ0) is 39.3. The summed E-state index contributed by atoms with van der Waals surface area (Å²) in [5.41, 5.74) is 0. The maximum absolute atomic E-state index is 12.7. The number of ether oxygens (including phenoxy) is 2. The lowest BCUT2D eigenvalue weighted by atomic mass is 9.85. The molecule has 0 bridgehead atoms. The van der Waals surface area contributed by atoms with Crippen molar-refractivity contribution < 1.29 is 63.1 Å². The van der Waals surface area contributed by atoms with E-state index < -0.39 is 75.7 Å². The van der Waals surface area contributed by atoms with Crippen LogP contribution in [0.3, 0.4) is 0 Å². The van der Waals surface area contributed by atoms with E-state index in [1.54, 1.807) is 0 Å². The minimum absolute atomic E-state index is 0.0900. The van der Waals surface area contributed by atoms with Crippen LogP contribution in [0.25, 0.3) is 0 Å². The van der Waals surface area contributed by atoms with Crippen molar-refractivity contribution in [3.05, 3.63) is 12.2 Å². The number of rotatable bonds is 33. The predicted molar refractivity (Wildman–Crippen MR) is 203 cm³/mol. The van der Waals surface area contributed by atoms with Gasteiger partial charge < -0.3 is 39.9 Å². The Balaban J connectivity index is 2.53. The molecule has 6 unspecified atom stereocenters. The lowest BCUT2D eigenvalue weighted by Crippen LogP contribution is -2.64. The van der Waals surface area contributed by atoms with Gasteiger partial charge in [-0.25, -0.2) is 4.57 Å². The first-order valence-electron chi connectivity index (χ1n) is 20.5. The van der Waals surface area contributed by atoms with Crippen LogP contribution in [0, 0.1) is 0 Å². The molecule has 0 spiro atoms. The number of phosphoric ester groups is 1. The fourth-order valence-electron chi connectivity index (χ4n) is 6.22. The predicted octanol–water partition coefficient (Wildman–Crippen LogP) is 6.72.